The Bertz CT molecular complexity index is 639. The van der Waals surface area contributed by atoms with Crippen molar-refractivity contribution in [2.24, 2.45) is 0 Å². The van der Waals surface area contributed by atoms with Gasteiger partial charge in [0.25, 0.3) is 0 Å². The highest BCUT2D eigenvalue weighted by atomic mass is 16.5. The lowest BCUT2D eigenvalue weighted by atomic mass is 10.2. The molecule has 0 aliphatic rings. The SMILES string of the molecule is C=CCC(NC(=O)O)c1ncc(-c2cccnc2OC)o1. The van der Waals surface area contributed by atoms with Gasteiger partial charge in [-0.2, -0.15) is 0 Å². The van der Waals surface area contributed by atoms with Crippen LogP contribution in [0.1, 0.15) is 18.4 Å². The molecular weight excluding hydrogens is 274 g/mol. The Balaban J connectivity index is 2.31. The van der Waals surface area contributed by atoms with Crippen molar-refractivity contribution in [2.45, 2.75) is 12.5 Å². The number of methoxy groups -OCH3 is 1. The summed E-state index contributed by atoms with van der Waals surface area (Å²) in [6.45, 7) is 3.59. The summed E-state index contributed by atoms with van der Waals surface area (Å²) >= 11 is 0. The minimum absolute atomic E-state index is 0.262. The van der Waals surface area contributed by atoms with E-state index in [-0.39, 0.29) is 5.89 Å². The number of nitrogens with zero attached hydrogens (tertiary/aromatic N) is 2. The molecule has 110 valence electrons. The van der Waals surface area contributed by atoms with Crippen LogP contribution in [0.25, 0.3) is 11.3 Å². The minimum Gasteiger partial charge on any atom is -0.480 e. The molecular formula is C14H15N3O4. The van der Waals surface area contributed by atoms with Crippen LogP contribution < -0.4 is 10.1 Å². The summed E-state index contributed by atoms with van der Waals surface area (Å²) in [6, 6.07) is 2.94. The fourth-order valence-electron chi connectivity index (χ4n) is 1.85. The van der Waals surface area contributed by atoms with E-state index in [2.05, 4.69) is 21.9 Å². The van der Waals surface area contributed by atoms with E-state index in [0.717, 1.165) is 0 Å². The largest absolute Gasteiger partial charge is 0.480 e. The van der Waals surface area contributed by atoms with Crippen molar-refractivity contribution in [3.63, 3.8) is 0 Å². The first kappa shape index (κ1) is 14.6. The molecule has 0 saturated carbocycles. The summed E-state index contributed by atoms with van der Waals surface area (Å²) in [5.74, 6) is 1.13. The van der Waals surface area contributed by atoms with Crippen molar-refractivity contribution in [1.29, 1.82) is 0 Å². The molecule has 21 heavy (non-hydrogen) atoms. The van der Waals surface area contributed by atoms with Crippen LogP contribution in [0, 0.1) is 0 Å². The van der Waals surface area contributed by atoms with Crippen molar-refractivity contribution in [3.05, 3.63) is 43.1 Å². The molecule has 1 amide bonds. The number of carbonyl (C=O) groups is 1. The van der Waals surface area contributed by atoms with Crippen LogP contribution in [-0.2, 0) is 0 Å². The van der Waals surface area contributed by atoms with Gasteiger partial charge in [-0.15, -0.1) is 6.58 Å². The Labute approximate surface area is 121 Å². The molecule has 0 bridgehead atoms. The highest BCUT2D eigenvalue weighted by Crippen LogP contribution is 2.30. The molecule has 0 saturated heterocycles. The Morgan fingerprint density at radius 3 is 3.10 bits per heavy atom. The van der Waals surface area contributed by atoms with Gasteiger partial charge in [-0.05, 0) is 18.6 Å². The van der Waals surface area contributed by atoms with Gasteiger partial charge in [0.15, 0.2) is 5.76 Å². The average molecular weight is 289 g/mol. The van der Waals surface area contributed by atoms with E-state index in [9.17, 15) is 4.79 Å². The zero-order valence-electron chi connectivity index (χ0n) is 11.4. The fraction of sp³-hybridized carbons (Fsp3) is 0.214. The summed E-state index contributed by atoms with van der Waals surface area (Å²) in [5, 5.41) is 11.2. The summed E-state index contributed by atoms with van der Waals surface area (Å²) in [4.78, 5) is 19.0. The molecule has 0 radical (unpaired) electrons. The second kappa shape index (κ2) is 6.56. The molecule has 7 nitrogen and oxygen atoms in total. The lowest BCUT2D eigenvalue weighted by Gasteiger charge is -2.10. The second-order valence-corrected chi connectivity index (χ2v) is 4.15. The van der Waals surface area contributed by atoms with E-state index in [1.165, 1.54) is 13.3 Å². The molecule has 2 heterocycles. The maximum absolute atomic E-state index is 10.8. The Hall–Kier alpha value is -2.83. The molecule has 2 rings (SSSR count). The topological polar surface area (TPSA) is 97.5 Å². The predicted octanol–water partition coefficient (Wildman–Crippen LogP) is 2.63. The average Bonchev–Trinajstić information content (AvgIpc) is 2.96. The van der Waals surface area contributed by atoms with Crippen LogP contribution in [0.15, 0.2) is 41.6 Å². The number of aromatic nitrogens is 2. The van der Waals surface area contributed by atoms with Crippen molar-refractivity contribution in [1.82, 2.24) is 15.3 Å². The first-order chi connectivity index (χ1) is 10.2. The lowest BCUT2D eigenvalue weighted by molar-refractivity contribution is 0.187. The Kier molecular flexibility index (Phi) is 4.55. The number of hydrogen-bond donors (Lipinski definition) is 2. The van der Waals surface area contributed by atoms with Crippen LogP contribution in [0.3, 0.4) is 0 Å². The van der Waals surface area contributed by atoms with E-state index >= 15 is 0 Å². The predicted molar refractivity (Wildman–Crippen MR) is 75.0 cm³/mol. The van der Waals surface area contributed by atoms with Crippen molar-refractivity contribution < 1.29 is 19.1 Å². The minimum atomic E-state index is -1.15. The third-order valence-electron chi connectivity index (χ3n) is 2.75. The molecule has 0 aliphatic carbocycles. The fourth-order valence-corrected chi connectivity index (χ4v) is 1.85. The maximum Gasteiger partial charge on any atom is 0.405 e. The number of nitrogens with one attached hydrogen (secondary N) is 1. The van der Waals surface area contributed by atoms with E-state index < -0.39 is 12.1 Å². The molecule has 0 aromatic carbocycles. The molecule has 0 fully saturated rings. The van der Waals surface area contributed by atoms with E-state index in [1.54, 1.807) is 24.4 Å². The third-order valence-corrected chi connectivity index (χ3v) is 2.75. The number of ether oxygens (including phenoxy) is 1. The van der Waals surface area contributed by atoms with Crippen LogP contribution in [0.5, 0.6) is 5.88 Å². The van der Waals surface area contributed by atoms with Crippen molar-refractivity contribution >= 4 is 6.09 Å². The number of pyridine rings is 1. The molecule has 1 unspecified atom stereocenters. The monoisotopic (exact) mass is 289 g/mol. The van der Waals surface area contributed by atoms with Crippen LogP contribution in [-0.4, -0.2) is 28.3 Å². The Morgan fingerprint density at radius 1 is 1.62 bits per heavy atom. The highest BCUT2D eigenvalue weighted by molar-refractivity contribution is 5.65. The van der Waals surface area contributed by atoms with Gasteiger partial charge in [0, 0.05) is 6.20 Å². The summed E-state index contributed by atoms with van der Waals surface area (Å²) in [7, 11) is 1.51. The number of oxazole rings is 1. The van der Waals surface area contributed by atoms with Crippen LogP contribution in [0.4, 0.5) is 4.79 Å². The first-order valence-electron chi connectivity index (χ1n) is 6.21. The van der Waals surface area contributed by atoms with Gasteiger partial charge in [-0.3, -0.25) is 0 Å². The van der Waals surface area contributed by atoms with Gasteiger partial charge >= 0.3 is 6.09 Å². The highest BCUT2D eigenvalue weighted by Gasteiger charge is 2.20. The van der Waals surface area contributed by atoms with E-state index in [1.807, 2.05) is 0 Å². The first-order valence-corrected chi connectivity index (χ1v) is 6.21. The standard InChI is InChI=1S/C14H15N3O4/c1-3-5-10(17-14(18)19)13-16-8-11(21-13)9-6-4-7-15-12(9)20-2/h3-4,6-8,10,17H,1,5H2,2H3,(H,18,19). The summed E-state index contributed by atoms with van der Waals surface area (Å²) in [5.41, 5.74) is 0.645. The lowest BCUT2D eigenvalue weighted by Crippen LogP contribution is -2.26. The molecule has 0 aliphatic heterocycles. The number of hydrogen-bond acceptors (Lipinski definition) is 5. The summed E-state index contributed by atoms with van der Waals surface area (Å²) < 4.78 is 10.8. The molecule has 0 spiro atoms. The van der Waals surface area contributed by atoms with E-state index in [4.69, 9.17) is 14.3 Å². The molecule has 7 heteroatoms. The van der Waals surface area contributed by atoms with Gasteiger partial charge in [-0.25, -0.2) is 14.8 Å². The molecule has 2 N–H and O–H groups in total. The van der Waals surface area contributed by atoms with Gasteiger partial charge in [0.1, 0.15) is 6.04 Å². The number of amides is 1. The van der Waals surface area contributed by atoms with Gasteiger partial charge < -0.3 is 19.6 Å². The normalized spacial score (nSPS) is 11.7. The van der Waals surface area contributed by atoms with Crippen molar-refractivity contribution in [2.75, 3.05) is 7.11 Å². The van der Waals surface area contributed by atoms with Crippen LogP contribution in [0.2, 0.25) is 0 Å². The number of rotatable bonds is 6. The molecule has 2 aromatic rings. The quantitative estimate of drug-likeness (QED) is 0.793. The van der Waals surface area contributed by atoms with Gasteiger partial charge in [-0.1, -0.05) is 6.08 Å². The Morgan fingerprint density at radius 2 is 2.43 bits per heavy atom. The molecule has 1 atom stereocenters. The number of carboxylic acid groups (broad SMARTS) is 1. The van der Waals surface area contributed by atoms with Gasteiger partial charge in [0.2, 0.25) is 11.8 Å². The zero-order chi connectivity index (χ0) is 15.2. The maximum atomic E-state index is 10.8. The smallest absolute Gasteiger partial charge is 0.405 e. The van der Waals surface area contributed by atoms with Crippen LogP contribution >= 0.6 is 0 Å². The summed E-state index contributed by atoms with van der Waals surface area (Å²) in [6.07, 6.45) is 3.92. The zero-order valence-corrected chi connectivity index (χ0v) is 11.4. The third kappa shape index (κ3) is 3.38. The van der Waals surface area contributed by atoms with E-state index in [0.29, 0.717) is 23.6 Å². The molecule has 2 aromatic heterocycles. The van der Waals surface area contributed by atoms with Gasteiger partial charge in [0.05, 0.1) is 18.9 Å². The second-order valence-electron chi connectivity index (χ2n) is 4.15. The van der Waals surface area contributed by atoms with Crippen molar-refractivity contribution in [3.8, 4) is 17.2 Å².